The molecule has 2 heterocycles. The fourth-order valence-electron chi connectivity index (χ4n) is 2.87. The van der Waals surface area contributed by atoms with Crippen molar-refractivity contribution in [2.75, 3.05) is 5.32 Å². The van der Waals surface area contributed by atoms with E-state index in [1.807, 2.05) is 66.7 Å². The lowest BCUT2D eigenvalue weighted by Crippen LogP contribution is -2.13. The normalized spacial score (nSPS) is 10.6. The van der Waals surface area contributed by atoms with Gasteiger partial charge in [-0.25, -0.2) is 4.68 Å². The number of pyridine rings is 1. The molecule has 6 nitrogen and oxygen atoms in total. The SMILES string of the molecule is O=C(Nc1ccc(Cc2ccncc2)cc1)c1nn(-c2ccccc2)cc1O. The van der Waals surface area contributed by atoms with E-state index in [2.05, 4.69) is 15.4 Å². The summed E-state index contributed by atoms with van der Waals surface area (Å²) < 4.78 is 1.47. The van der Waals surface area contributed by atoms with Crippen LogP contribution in [0.2, 0.25) is 0 Å². The van der Waals surface area contributed by atoms with Gasteiger partial charge >= 0.3 is 0 Å². The number of anilines is 1. The second kappa shape index (κ2) is 7.75. The summed E-state index contributed by atoms with van der Waals surface area (Å²) in [4.78, 5) is 16.5. The average molecular weight is 370 g/mol. The summed E-state index contributed by atoms with van der Waals surface area (Å²) >= 11 is 0. The van der Waals surface area contributed by atoms with Crippen LogP contribution < -0.4 is 5.32 Å². The number of hydrogen-bond donors (Lipinski definition) is 2. The van der Waals surface area contributed by atoms with E-state index < -0.39 is 5.91 Å². The Labute approximate surface area is 162 Å². The quantitative estimate of drug-likeness (QED) is 0.560. The maximum atomic E-state index is 12.5. The van der Waals surface area contributed by atoms with Gasteiger partial charge in [0.05, 0.1) is 11.9 Å². The van der Waals surface area contributed by atoms with Gasteiger partial charge in [-0.1, -0.05) is 30.3 Å². The number of para-hydroxylation sites is 1. The van der Waals surface area contributed by atoms with E-state index >= 15 is 0 Å². The average Bonchev–Trinajstić information content (AvgIpc) is 3.13. The largest absolute Gasteiger partial charge is 0.504 e. The Morgan fingerprint density at radius 2 is 1.61 bits per heavy atom. The highest BCUT2D eigenvalue weighted by Crippen LogP contribution is 2.20. The molecule has 2 aromatic carbocycles. The number of aromatic hydroxyl groups is 1. The minimum absolute atomic E-state index is 0.0234. The van der Waals surface area contributed by atoms with E-state index in [-0.39, 0.29) is 11.4 Å². The monoisotopic (exact) mass is 370 g/mol. The molecule has 0 bridgehead atoms. The molecule has 0 unspecified atom stereocenters. The van der Waals surface area contributed by atoms with Crippen LogP contribution in [0.4, 0.5) is 5.69 Å². The van der Waals surface area contributed by atoms with Gasteiger partial charge in [0.1, 0.15) is 0 Å². The lowest BCUT2D eigenvalue weighted by atomic mass is 10.1. The van der Waals surface area contributed by atoms with E-state index in [0.29, 0.717) is 5.69 Å². The molecule has 0 aliphatic carbocycles. The van der Waals surface area contributed by atoms with Crippen LogP contribution in [0.1, 0.15) is 21.6 Å². The highest BCUT2D eigenvalue weighted by molar-refractivity contribution is 6.04. The van der Waals surface area contributed by atoms with Gasteiger partial charge in [-0.15, -0.1) is 0 Å². The summed E-state index contributed by atoms with van der Waals surface area (Å²) in [5.74, 6) is -0.635. The number of carbonyl (C=O) groups excluding carboxylic acids is 1. The van der Waals surface area contributed by atoms with Crippen molar-refractivity contribution in [1.29, 1.82) is 0 Å². The maximum Gasteiger partial charge on any atom is 0.280 e. The molecule has 4 rings (SSSR count). The first kappa shape index (κ1) is 17.5. The first-order valence-corrected chi connectivity index (χ1v) is 8.82. The van der Waals surface area contributed by atoms with Gasteiger partial charge in [0, 0.05) is 18.1 Å². The van der Waals surface area contributed by atoms with Gasteiger partial charge < -0.3 is 10.4 Å². The summed E-state index contributed by atoms with van der Waals surface area (Å²) in [6.07, 6.45) is 5.75. The molecule has 1 amide bonds. The zero-order valence-corrected chi connectivity index (χ0v) is 15.0. The molecule has 2 N–H and O–H groups in total. The molecule has 0 aliphatic heterocycles. The van der Waals surface area contributed by atoms with Crippen molar-refractivity contribution in [3.63, 3.8) is 0 Å². The highest BCUT2D eigenvalue weighted by Gasteiger charge is 2.17. The van der Waals surface area contributed by atoms with Gasteiger partial charge in [0.2, 0.25) is 0 Å². The molecule has 138 valence electrons. The molecular formula is C22H18N4O2. The zero-order chi connectivity index (χ0) is 19.3. The smallest absolute Gasteiger partial charge is 0.280 e. The number of carbonyl (C=O) groups is 1. The third-order valence-electron chi connectivity index (χ3n) is 4.30. The summed E-state index contributed by atoms with van der Waals surface area (Å²) in [6.45, 7) is 0. The summed E-state index contributed by atoms with van der Waals surface area (Å²) in [6, 6.07) is 20.8. The Kier molecular flexibility index (Phi) is 4.84. The van der Waals surface area contributed by atoms with Crippen LogP contribution in [0.3, 0.4) is 0 Å². The molecule has 6 heteroatoms. The maximum absolute atomic E-state index is 12.5. The minimum atomic E-state index is -0.464. The van der Waals surface area contributed by atoms with Crippen LogP contribution in [0, 0.1) is 0 Å². The number of amides is 1. The van der Waals surface area contributed by atoms with Gasteiger partial charge in [0.15, 0.2) is 11.4 Å². The van der Waals surface area contributed by atoms with Crippen LogP contribution in [0.5, 0.6) is 5.75 Å². The van der Waals surface area contributed by atoms with E-state index in [4.69, 9.17) is 0 Å². The van der Waals surface area contributed by atoms with E-state index in [9.17, 15) is 9.90 Å². The fraction of sp³-hybridized carbons (Fsp3) is 0.0455. The van der Waals surface area contributed by atoms with E-state index in [1.165, 1.54) is 16.4 Å². The molecule has 0 spiro atoms. The Morgan fingerprint density at radius 3 is 2.32 bits per heavy atom. The Morgan fingerprint density at radius 1 is 0.929 bits per heavy atom. The molecule has 2 aromatic heterocycles. The number of rotatable bonds is 5. The van der Waals surface area contributed by atoms with Crippen molar-refractivity contribution in [3.8, 4) is 11.4 Å². The lowest BCUT2D eigenvalue weighted by Gasteiger charge is -2.06. The third-order valence-corrected chi connectivity index (χ3v) is 4.30. The van der Waals surface area contributed by atoms with Crippen molar-refractivity contribution in [3.05, 3.63) is 102 Å². The summed E-state index contributed by atoms with van der Waals surface area (Å²) in [7, 11) is 0. The second-order valence-corrected chi connectivity index (χ2v) is 6.33. The molecule has 4 aromatic rings. The topological polar surface area (TPSA) is 80.0 Å². The van der Waals surface area contributed by atoms with Crippen molar-refractivity contribution in [2.45, 2.75) is 6.42 Å². The van der Waals surface area contributed by atoms with Crippen LogP contribution in [-0.4, -0.2) is 25.8 Å². The van der Waals surface area contributed by atoms with Crippen molar-refractivity contribution >= 4 is 11.6 Å². The van der Waals surface area contributed by atoms with Crippen molar-refractivity contribution < 1.29 is 9.90 Å². The van der Waals surface area contributed by atoms with Gasteiger partial charge in [0.25, 0.3) is 5.91 Å². The number of nitrogens with one attached hydrogen (secondary N) is 1. The van der Waals surface area contributed by atoms with Crippen molar-refractivity contribution in [1.82, 2.24) is 14.8 Å². The molecule has 0 fully saturated rings. The summed E-state index contributed by atoms with van der Waals surface area (Å²) in [5.41, 5.74) is 3.67. The summed E-state index contributed by atoms with van der Waals surface area (Å²) in [5, 5.41) is 17.1. The van der Waals surface area contributed by atoms with Crippen LogP contribution in [0.15, 0.2) is 85.3 Å². The standard InChI is InChI=1S/C22H18N4O2/c27-20-15-26(19-4-2-1-3-5-19)25-21(20)22(28)24-18-8-6-16(7-9-18)14-17-10-12-23-13-11-17/h1-13,15,27H,14H2,(H,24,28). The van der Waals surface area contributed by atoms with E-state index in [1.54, 1.807) is 12.4 Å². The fourth-order valence-corrected chi connectivity index (χ4v) is 2.87. The molecule has 0 aliphatic rings. The molecular weight excluding hydrogens is 352 g/mol. The predicted molar refractivity (Wildman–Crippen MR) is 107 cm³/mol. The van der Waals surface area contributed by atoms with Gasteiger partial charge in [-0.05, 0) is 53.9 Å². The molecule has 0 saturated carbocycles. The van der Waals surface area contributed by atoms with E-state index in [0.717, 1.165) is 17.7 Å². The lowest BCUT2D eigenvalue weighted by molar-refractivity contribution is 0.101. The zero-order valence-electron chi connectivity index (χ0n) is 15.0. The number of nitrogens with zero attached hydrogens (tertiary/aromatic N) is 3. The molecule has 0 radical (unpaired) electrons. The Bertz CT molecular complexity index is 1070. The predicted octanol–water partition coefficient (Wildman–Crippen LogP) is 3.82. The van der Waals surface area contributed by atoms with Gasteiger partial charge in [-0.3, -0.25) is 9.78 Å². The number of hydrogen-bond acceptors (Lipinski definition) is 4. The number of benzene rings is 2. The highest BCUT2D eigenvalue weighted by atomic mass is 16.3. The van der Waals surface area contributed by atoms with Gasteiger partial charge in [-0.2, -0.15) is 5.10 Å². The first-order valence-electron chi connectivity index (χ1n) is 8.82. The minimum Gasteiger partial charge on any atom is -0.504 e. The second-order valence-electron chi connectivity index (χ2n) is 6.33. The number of aromatic nitrogens is 3. The molecule has 28 heavy (non-hydrogen) atoms. The van der Waals surface area contributed by atoms with Crippen molar-refractivity contribution in [2.24, 2.45) is 0 Å². The first-order chi connectivity index (χ1) is 13.7. The molecule has 0 atom stereocenters. The third kappa shape index (κ3) is 3.91. The molecule has 0 saturated heterocycles. The van der Waals surface area contributed by atoms with Crippen LogP contribution in [0.25, 0.3) is 5.69 Å². The van der Waals surface area contributed by atoms with Crippen LogP contribution in [-0.2, 0) is 6.42 Å². The Balaban J connectivity index is 1.46. The Hall–Kier alpha value is -3.93. The van der Waals surface area contributed by atoms with Crippen LogP contribution >= 0.6 is 0 Å².